The van der Waals surface area contributed by atoms with E-state index in [1.54, 1.807) is 6.20 Å². The van der Waals surface area contributed by atoms with E-state index in [2.05, 4.69) is 24.1 Å². The summed E-state index contributed by atoms with van der Waals surface area (Å²) in [5.74, 6) is 0.0308. The molecule has 0 fully saturated rings. The third-order valence-electron chi connectivity index (χ3n) is 6.02. The number of anilines is 1. The number of benzene rings is 2. The van der Waals surface area contributed by atoms with E-state index in [-0.39, 0.29) is 18.1 Å². The Morgan fingerprint density at radius 1 is 1.03 bits per heavy atom. The second-order valence-electron chi connectivity index (χ2n) is 8.02. The zero-order valence-corrected chi connectivity index (χ0v) is 18.1. The molecule has 0 bridgehead atoms. The fraction of sp³-hybridized carbons (Fsp3) is 0.192. The number of para-hydroxylation sites is 2. The monoisotopic (exact) mass is 423 g/mol. The van der Waals surface area contributed by atoms with Crippen molar-refractivity contribution in [2.45, 2.75) is 32.5 Å². The highest BCUT2D eigenvalue weighted by Gasteiger charge is 2.37. The second kappa shape index (κ2) is 8.30. The van der Waals surface area contributed by atoms with Crippen molar-refractivity contribution >= 4 is 11.6 Å². The van der Waals surface area contributed by atoms with Crippen LogP contribution in [-0.4, -0.2) is 31.6 Å². The number of carbonyl (C=O) groups excluding carboxylic acids is 1. The van der Waals surface area contributed by atoms with Crippen LogP contribution in [0.1, 0.15) is 42.4 Å². The summed E-state index contributed by atoms with van der Waals surface area (Å²) in [7, 11) is 0. The molecule has 0 saturated heterocycles. The van der Waals surface area contributed by atoms with Gasteiger partial charge in [0.1, 0.15) is 11.9 Å². The van der Waals surface area contributed by atoms with Gasteiger partial charge >= 0.3 is 0 Å². The van der Waals surface area contributed by atoms with Crippen molar-refractivity contribution in [1.82, 2.24) is 19.7 Å². The Balaban J connectivity index is 1.70. The van der Waals surface area contributed by atoms with Gasteiger partial charge in [0, 0.05) is 41.4 Å². The number of nitrogens with zero attached hydrogens (tertiary/aromatic N) is 4. The third-order valence-corrected chi connectivity index (χ3v) is 6.02. The van der Waals surface area contributed by atoms with Gasteiger partial charge in [-0.15, -0.1) is 0 Å². The highest BCUT2D eigenvalue weighted by Crippen LogP contribution is 2.38. The molecule has 0 saturated carbocycles. The molecular weight excluding hydrogens is 398 g/mol. The summed E-state index contributed by atoms with van der Waals surface area (Å²) >= 11 is 0. The van der Waals surface area contributed by atoms with Crippen LogP contribution in [-0.2, 0) is 0 Å². The van der Waals surface area contributed by atoms with Crippen molar-refractivity contribution in [3.05, 3.63) is 96.4 Å². The number of amides is 1. The Labute approximate surface area is 187 Å². The average Bonchev–Trinajstić information content (AvgIpc) is 3.30. The van der Waals surface area contributed by atoms with Crippen LogP contribution >= 0.6 is 0 Å². The van der Waals surface area contributed by atoms with Gasteiger partial charge in [0.2, 0.25) is 0 Å². The lowest BCUT2D eigenvalue weighted by molar-refractivity contribution is 0.0594. The molecule has 6 heteroatoms. The Morgan fingerprint density at radius 3 is 2.56 bits per heavy atom. The largest absolute Gasteiger partial charge is 0.361 e. The number of hydrogen-bond acceptors (Lipinski definition) is 4. The fourth-order valence-corrected chi connectivity index (χ4v) is 4.18. The standard InChI is InChI=1S/C26H25N5O/c1-3-18(2)31-25(28-23-14-8-7-13-21(23)26(31)32)22-17-30(20-11-5-4-6-12-20)29-24(22)19-10-9-15-27-16-19/h4-18,25,28H,3H2,1-2H3/t18-,25+/m0/s1. The zero-order chi connectivity index (χ0) is 22.1. The van der Waals surface area contributed by atoms with Crippen LogP contribution in [0.3, 0.4) is 0 Å². The SMILES string of the molecule is CC[C@H](C)N1C(=O)c2ccccc2N[C@H]1c1cn(-c2ccccc2)nc1-c1cccnc1. The van der Waals surface area contributed by atoms with Crippen LogP contribution in [0.5, 0.6) is 0 Å². The van der Waals surface area contributed by atoms with Gasteiger partial charge in [-0.3, -0.25) is 9.78 Å². The van der Waals surface area contributed by atoms with Crippen LogP contribution in [0, 0.1) is 0 Å². The summed E-state index contributed by atoms with van der Waals surface area (Å²) in [6.45, 7) is 4.19. The Morgan fingerprint density at radius 2 is 1.81 bits per heavy atom. The van der Waals surface area contributed by atoms with E-state index in [9.17, 15) is 4.79 Å². The molecule has 1 aliphatic rings. The summed E-state index contributed by atoms with van der Waals surface area (Å²) in [5, 5.41) is 8.54. The van der Waals surface area contributed by atoms with Gasteiger partial charge in [-0.2, -0.15) is 5.10 Å². The smallest absolute Gasteiger partial charge is 0.258 e. The van der Waals surface area contributed by atoms with E-state index in [1.807, 2.05) is 88.7 Å². The molecule has 2 aromatic heterocycles. The van der Waals surface area contributed by atoms with Gasteiger partial charge in [-0.25, -0.2) is 4.68 Å². The highest BCUT2D eigenvalue weighted by atomic mass is 16.2. The molecule has 1 N–H and O–H groups in total. The van der Waals surface area contributed by atoms with Crippen molar-refractivity contribution in [3.63, 3.8) is 0 Å². The molecule has 0 unspecified atom stereocenters. The minimum absolute atomic E-state index is 0.0308. The summed E-state index contributed by atoms with van der Waals surface area (Å²) in [6.07, 6.45) is 6.09. The van der Waals surface area contributed by atoms with Crippen molar-refractivity contribution < 1.29 is 4.79 Å². The minimum Gasteiger partial charge on any atom is -0.361 e. The van der Waals surface area contributed by atoms with E-state index < -0.39 is 0 Å². The second-order valence-corrected chi connectivity index (χ2v) is 8.02. The lowest BCUT2D eigenvalue weighted by Crippen LogP contribution is -2.47. The van der Waals surface area contributed by atoms with E-state index in [0.717, 1.165) is 34.6 Å². The molecule has 0 spiro atoms. The van der Waals surface area contributed by atoms with Gasteiger partial charge in [-0.1, -0.05) is 37.3 Å². The maximum absolute atomic E-state index is 13.6. The molecule has 1 amide bonds. The maximum atomic E-state index is 13.6. The predicted octanol–water partition coefficient (Wildman–Crippen LogP) is 5.30. The number of hydrogen-bond donors (Lipinski definition) is 1. The molecule has 5 rings (SSSR count). The quantitative estimate of drug-likeness (QED) is 0.473. The van der Waals surface area contributed by atoms with E-state index in [4.69, 9.17) is 5.10 Å². The number of carbonyl (C=O) groups is 1. The number of aromatic nitrogens is 3. The van der Waals surface area contributed by atoms with Gasteiger partial charge in [0.15, 0.2) is 0 Å². The first kappa shape index (κ1) is 20.0. The van der Waals surface area contributed by atoms with Gasteiger partial charge in [-0.05, 0) is 49.7 Å². The molecule has 32 heavy (non-hydrogen) atoms. The zero-order valence-electron chi connectivity index (χ0n) is 18.1. The molecular formula is C26H25N5O. The first-order valence-corrected chi connectivity index (χ1v) is 10.9. The average molecular weight is 424 g/mol. The van der Waals surface area contributed by atoms with Crippen molar-refractivity contribution in [1.29, 1.82) is 0 Å². The summed E-state index contributed by atoms with van der Waals surface area (Å²) in [4.78, 5) is 19.8. The predicted molar refractivity (Wildman–Crippen MR) is 126 cm³/mol. The van der Waals surface area contributed by atoms with Crippen LogP contribution in [0.15, 0.2) is 85.3 Å². The van der Waals surface area contributed by atoms with Crippen LogP contribution < -0.4 is 5.32 Å². The molecule has 0 aliphatic carbocycles. The van der Waals surface area contributed by atoms with Crippen LogP contribution in [0.2, 0.25) is 0 Å². The molecule has 3 heterocycles. The van der Waals surface area contributed by atoms with Crippen molar-refractivity contribution in [2.24, 2.45) is 0 Å². The van der Waals surface area contributed by atoms with Crippen molar-refractivity contribution in [2.75, 3.05) is 5.32 Å². The molecule has 4 aromatic rings. The molecule has 2 atom stereocenters. The van der Waals surface area contributed by atoms with E-state index in [1.165, 1.54) is 0 Å². The van der Waals surface area contributed by atoms with Crippen molar-refractivity contribution in [3.8, 4) is 16.9 Å². The summed E-state index contributed by atoms with van der Waals surface area (Å²) < 4.78 is 1.87. The molecule has 0 radical (unpaired) electrons. The fourth-order valence-electron chi connectivity index (χ4n) is 4.18. The maximum Gasteiger partial charge on any atom is 0.258 e. The topological polar surface area (TPSA) is 63.1 Å². The Kier molecular flexibility index (Phi) is 5.19. The molecule has 2 aromatic carbocycles. The van der Waals surface area contributed by atoms with Crippen LogP contribution in [0.4, 0.5) is 5.69 Å². The first-order chi connectivity index (χ1) is 15.7. The van der Waals surface area contributed by atoms with Gasteiger partial charge < -0.3 is 10.2 Å². The molecule has 160 valence electrons. The Hall–Kier alpha value is -3.93. The highest BCUT2D eigenvalue weighted by molar-refractivity contribution is 6.02. The van der Waals surface area contributed by atoms with E-state index >= 15 is 0 Å². The normalized spacial score (nSPS) is 16.4. The lowest BCUT2D eigenvalue weighted by Gasteiger charge is -2.41. The summed E-state index contributed by atoms with van der Waals surface area (Å²) in [6, 6.07) is 21.7. The molecule has 1 aliphatic heterocycles. The minimum atomic E-state index is -0.347. The Bertz CT molecular complexity index is 1240. The van der Waals surface area contributed by atoms with Crippen LogP contribution in [0.25, 0.3) is 16.9 Å². The number of pyridine rings is 1. The van der Waals surface area contributed by atoms with E-state index in [0.29, 0.717) is 5.56 Å². The molecule has 6 nitrogen and oxygen atoms in total. The summed E-state index contributed by atoms with van der Waals surface area (Å²) in [5.41, 5.74) is 5.15. The first-order valence-electron chi connectivity index (χ1n) is 10.9. The lowest BCUT2D eigenvalue weighted by atomic mass is 9.99. The third kappa shape index (κ3) is 3.43. The number of fused-ring (bicyclic) bond motifs is 1. The van der Waals surface area contributed by atoms with Gasteiger partial charge in [0.25, 0.3) is 5.91 Å². The number of nitrogens with one attached hydrogen (secondary N) is 1. The van der Waals surface area contributed by atoms with Gasteiger partial charge in [0.05, 0.1) is 11.3 Å². The number of rotatable bonds is 5.